The second-order valence-corrected chi connectivity index (χ2v) is 7.47. The minimum atomic E-state index is -3.73. The minimum Gasteiger partial charge on any atom is -0.508 e. The van der Waals surface area contributed by atoms with Crippen LogP contribution in [0.4, 0.5) is 11.5 Å². The molecule has 0 atom stereocenters. The molecule has 27 heavy (non-hydrogen) atoms. The standard InChI is InChI=1S/C20H17N3O3S/c1-14-5-4-6-20(22-14)23-27(24,25)17-10-7-15(8-11-17)16-9-12-18(21-2)19(13-16)26-3/h4-13H,1,3H3,(H,22,23). The first-order valence-corrected chi connectivity index (χ1v) is 9.53. The Kier molecular flexibility index (Phi) is 5.10. The van der Waals surface area contributed by atoms with E-state index in [4.69, 9.17) is 11.3 Å². The molecule has 3 rings (SSSR count). The second kappa shape index (κ2) is 7.48. The summed E-state index contributed by atoms with van der Waals surface area (Å²) < 4.78 is 32.8. The quantitative estimate of drug-likeness (QED) is 0.666. The molecule has 0 aliphatic heterocycles. The summed E-state index contributed by atoms with van der Waals surface area (Å²) in [5, 5.41) is 0. The van der Waals surface area contributed by atoms with Crippen molar-refractivity contribution in [3.8, 4) is 16.9 Å². The van der Waals surface area contributed by atoms with Gasteiger partial charge in [-0.3, -0.25) is 4.72 Å². The van der Waals surface area contributed by atoms with Gasteiger partial charge >= 0.3 is 0 Å². The number of hydrogen-bond acceptors (Lipinski definition) is 4. The normalized spacial score (nSPS) is 10.9. The lowest BCUT2D eigenvalue weighted by Gasteiger charge is -2.10. The first kappa shape index (κ1) is 18.4. The Bertz CT molecular complexity index is 1120. The first-order valence-electron chi connectivity index (χ1n) is 8.05. The fourth-order valence-electron chi connectivity index (χ4n) is 2.57. The highest BCUT2D eigenvalue weighted by Gasteiger charge is 2.15. The van der Waals surface area contributed by atoms with Crippen LogP contribution in [0.1, 0.15) is 5.69 Å². The topological polar surface area (TPSA) is 72.7 Å². The van der Waals surface area contributed by atoms with Crippen molar-refractivity contribution in [3.63, 3.8) is 0 Å². The third kappa shape index (κ3) is 4.07. The molecular formula is C20H17N3O3S. The van der Waals surface area contributed by atoms with E-state index in [-0.39, 0.29) is 10.7 Å². The second-order valence-electron chi connectivity index (χ2n) is 5.79. The van der Waals surface area contributed by atoms with Crippen molar-refractivity contribution < 1.29 is 13.2 Å². The molecule has 0 fully saturated rings. The van der Waals surface area contributed by atoms with Crippen LogP contribution in [-0.2, 0) is 10.0 Å². The van der Waals surface area contributed by atoms with Gasteiger partial charge in [-0.2, -0.15) is 0 Å². The zero-order chi connectivity index (χ0) is 19.4. The molecule has 0 aliphatic rings. The van der Waals surface area contributed by atoms with Crippen LogP contribution < -0.4 is 9.46 Å². The van der Waals surface area contributed by atoms with Crippen molar-refractivity contribution in [2.24, 2.45) is 0 Å². The number of methoxy groups -OCH3 is 1. The third-order valence-corrected chi connectivity index (χ3v) is 5.30. The molecule has 3 aromatic rings. The van der Waals surface area contributed by atoms with Gasteiger partial charge in [-0.1, -0.05) is 30.3 Å². The number of ether oxygens (including phenoxy) is 1. The molecule has 1 aromatic heterocycles. The maximum atomic E-state index is 12.5. The van der Waals surface area contributed by atoms with Gasteiger partial charge in [0.1, 0.15) is 11.6 Å². The molecule has 0 spiro atoms. The highest BCUT2D eigenvalue weighted by atomic mass is 32.2. The van der Waals surface area contributed by atoms with E-state index >= 15 is 0 Å². The SMILES string of the molecule is [C-]#[N+]c1ccc(-c2ccc(S(=O)(=O)Nc3cccc(C)n3)cc2)cc1OC. The highest BCUT2D eigenvalue weighted by molar-refractivity contribution is 7.92. The molecule has 6 nitrogen and oxygen atoms in total. The molecule has 0 amide bonds. The number of benzene rings is 2. The summed E-state index contributed by atoms with van der Waals surface area (Å²) in [5.41, 5.74) is 2.80. The van der Waals surface area contributed by atoms with Crippen LogP contribution in [0.25, 0.3) is 16.0 Å². The number of pyridine rings is 1. The Hall–Kier alpha value is -3.37. The van der Waals surface area contributed by atoms with Crippen molar-refractivity contribution >= 4 is 21.5 Å². The number of rotatable bonds is 5. The Balaban J connectivity index is 1.88. The van der Waals surface area contributed by atoms with Crippen LogP contribution in [0.5, 0.6) is 5.75 Å². The van der Waals surface area contributed by atoms with Crippen molar-refractivity contribution in [2.45, 2.75) is 11.8 Å². The Morgan fingerprint density at radius 1 is 1.04 bits per heavy atom. The molecule has 0 radical (unpaired) electrons. The van der Waals surface area contributed by atoms with Gasteiger partial charge in [0, 0.05) is 5.69 Å². The van der Waals surface area contributed by atoms with Crippen LogP contribution in [0.3, 0.4) is 0 Å². The van der Waals surface area contributed by atoms with E-state index in [9.17, 15) is 8.42 Å². The van der Waals surface area contributed by atoms with Crippen LogP contribution in [0.2, 0.25) is 0 Å². The van der Waals surface area contributed by atoms with Gasteiger partial charge in [-0.05, 0) is 48.4 Å². The molecule has 0 saturated heterocycles. The van der Waals surface area contributed by atoms with Crippen LogP contribution >= 0.6 is 0 Å². The van der Waals surface area contributed by atoms with Gasteiger partial charge in [0.15, 0.2) is 0 Å². The lowest BCUT2D eigenvalue weighted by atomic mass is 10.1. The molecule has 0 bridgehead atoms. The first-order chi connectivity index (χ1) is 12.9. The molecule has 0 aliphatic carbocycles. The minimum absolute atomic E-state index is 0.138. The molecule has 2 aromatic carbocycles. The summed E-state index contributed by atoms with van der Waals surface area (Å²) in [6, 6.07) is 16.9. The van der Waals surface area contributed by atoms with E-state index in [0.717, 1.165) is 16.8 Å². The van der Waals surface area contributed by atoms with Crippen molar-refractivity contribution in [1.29, 1.82) is 0 Å². The lowest BCUT2D eigenvalue weighted by molar-refractivity contribution is 0.417. The zero-order valence-corrected chi connectivity index (χ0v) is 15.6. The van der Waals surface area contributed by atoms with E-state index in [1.54, 1.807) is 55.5 Å². The Labute approximate surface area is 158 Å². The summed E-state index contributed by atoms with van der Waals surface area (Å²) in [6.45, 7) is 8.92. The van der Waals surface area contributed by atoms with Gasteiger partial charge in [0.05, 0.1) is 18.6 Å². The maximum absolute atomic E-state index is 12.5. The maximum Gasteiger partial charge on any atom is 0.263 e. The molecular weight excluding hydrogens is 362 g/mol. The van der Waals surface area contributed by atoms with Gasteiger partial charge in [0.25, 0.3) is 10.0 Å². The number of nitrogens with one attached hydrogen (secondary N) is 1. The van der Waals surface area contributed by atoms with Gasteiger partial charge in [-0.15, -0.1) is 0 Å². The van der Waals surface area contributed by atoms with E-state index in [1.165, 1.54) is 19.2 Å². The number of aryl methyl sites for hydroxylation is 1. The highest BCUT2D eigenvalue weighted by Crippen LogP contribution is 2.33. The lowest BCUT2D eigenvalue weighted by Crippen LogP contribution is -2.14. The number of sulfonamides is 1. The van der Waals surface area contributed by atoms with Gasteiger partial charge < -0.3 is 4.74 Å². The number of hydrogen-bond donors (Lipinski definition) is 1. The Morgan fingerprint density at radius 3 is 2.37 bits per heavy atom. The average molecular weight is 379 g/mol. The largest absolute Gasteiger partial charge is 0.508 e. The fourth-order valence-corrected chi connectivity index (χ4v) is 3.57. The molecule has 0 saturated carbocycles. The number of nitrogens with zero attached hydrogens (tertiary/aromatic N) is 2. The fraction of sp³-hybridized carbons (Fsp3) is 0.100. The van der Waals surface area contributed by atoms with Crippen molar-refractivity contribution in [1.82, 2.24) is 4.98 Å². The van der Waals surface area contributed by atoms with Crippen LogP contribution in [0.15, 0.2) is 65.6 Å². The third-order valence-electron chi connectivity index (χ3n) is 3.93. The Morgan fingerprint density at radius 2 is 1.74 bits per heavy atom. The molecule has 0 unspecified atom stereocenters. The molecule has 136 valence electrons. The predicted molar refractivity (Wildman–Crippen MR) is 104 cm³/mol. The smallest absolute Gasteiger partial charge is 0.263 e. The van der Waals surface area contributed by atoms with Crippen LogP contribution in [0, 0.1) is 13.5 Å². The van der Waals surface area contributed by atoms with E-state index in [1.807, 2.05) is 0 Å². The zero-order valence-electron chi connectivity index (χ0n) is 14.8. The molecule has 1 N–H and O–H groups in total. The van der Waals surface area contributed by atoms with E-state index in [2.05, 4.69) is 14.6 Å². The summed E-state index contributed by atoms with van der Waals surface area (Å²) in [5.74, 6) is 0.755. The van der Waals surface area contributed by atoms with Crippen molar-refractivity contribution in [2.75, 3.05) is 11.8 Å². The van der Waals surface area contributed by atoms with Crippen LogP contribution in [-0.4, -0.2) is 20.5 Å². The molecule has 1 heterocycles. The van der Waals surface area contributed by atoms with E-state index in [0.29, 0.717) is 11.4 Å². The summed E-state index contributed by atoms with van der Waals surface area (Å²) in [7, 11) is -2.22. The average Bonchev–Trinajstić information content (AvgIpc) is 2.67. The predicted octanol–water partition coefficient (Wildman–Crippen LogP) is 4.42. The number of aromatic nitrogens is 1. The van der Waals surface area contributed by atoms with Gasteiger partial charge in [-0.25, -0.2) is 18.2 Å². The van der Waals surface area contributed by atoms with E-state index < -0.39 is 10.0 Å². The number of anilines is 1. The van der Waals surface area contributed by atoms with Crippen molar-refractivity contribution in [3.05, 3.63) is 77.8 Å². The molecule has 7 heteroatoms. The summed E-state index contributed by atoms with van der Waals surface area (Å²) in [6.07, 6.45) is 0. The summed E-state index contributed by atoms with van der Waals surface area (Å²) in [4.78, 5) is 7.69. The van der Waals surface area contributed by atoms with Gasteiger partial charge in [0.2, 0.25) is 5.69 Å². The summed E-state index contributed by atoms with van der Waals surface area (Å²) >= 11 is 0. The monoisotopic (exact) mass is 379 g/mol.